The van der Waals surface area contributed by atoms with Gasteiger partial charge in [0.2, 0.25) is 0 Å². The minimum atomic E-state index is -0.628. The number of urea groups is 1. The Kier molecular flexibility index (Phi) is 9.08. The Morgan fingerprint density at radius 3 is 2.39 bits per heavy atom. The van der Waals surface area contributed by atoms with Crippen molar-refractivity contribution < 1.29 is 19.4 Å². The number of carbonyl (C=O) groups is 2. The molecule has 0 saturated heterocycles. The van der Waals surface area contributed by atoms with Crippen molar-refractivity contribution >= 4 is 34.9 Å². The summed E-state index contributed by atoms with van der Waals surface area (Å²) in [6, 6.07) is -1.07. The average Bonchev–Trinajstić information content (AvgIpc) is 2.34. The number of amides is 2. The third-order valence-corrected chi connectivity index (χ3v) is 2.97. The molecular formula is C11H21IN2O4. The monoisotopic (exact) mass is 372 g/mol. The summed E-state index contributed by atoms with van der Waals surface area (Å²) >= 11 is 1.67. The Morgan fingerprint density at radius 2 is 2.00 bits per heavy atom. The molecule has 7 heteroatoms. The van der Waals surface area contributed by atoms with E-state index in [1.165, 1.54) is 0 Å². The maximum atomic E-state index is 11.6. The number of carbonyl (C=O) groups excluding carboxylic acids is 2. The summed E-state index contributed by atoms with van der Waals surface area (Å²) in [6.07, 6.45) is 0.578. The number of aliphatic hydroxyl groups excluding tert-OH is 1. The van der Waals surface area contributed by atoms with Crippen LogP contribution in [0.5, 0.6) is 0 Å². The Bertz CT molecular complexity index is 274. The molecule has 3 N–H and O–H groups in total. The first-order valence-electron chi connectivity index (χ1n) is 5.92. The van der Waals surface area contributed by atoms with E-state index in [1.54, 1.807) is 22.9 Å². The fraction of sp³-hybridized carbons (Fsp3) is 0.818. The minimum Gasteiger partial charge on any atom is -0.462 e. The molecule has 6 nitrogen and oxygen atoms in total. The van der Waals surface area contributed by atoms with E-state index >= 15 is 0 Å². The van der Waals surface area contributed by atoms with E-state index in [2.05, 4.69) is 8.85 Å². The van der Waals surface area contributed by atoms with Crippen LogP contribution in [0.1, 0.15) is 33.6 Å². The fourth-order valence-corrected chi connectivity index (χ4v) is 1.64. The van der Waals surface area contributed by atoms with Gasteiger partial charge in [-0.15, -0.1) is 0 Å². The number of hydrogen-bond acceptors (Lipinski definition) is 4. The molecule has 2 unspecified atom stereocenters. The number of hydrogen-bond donors (Lipinski definition) is 3. The summed E-state index contributed by atoms with van der Waals surface area (Å²) < 4.78 is 7.61. The SMILES string of the molecule is CCC(OC(=O)CC(CO)NC(=O)NI)C(C)C. The van der Waals surface area contributed by atoms with Gasteiger partial charge in [0.1, 0.15) is 6.10 Å². The van der Waals surface area contributed by atoms with Gasteiger partial charge in [-0.1, -0.05) is 20.8 Å². The molecule has 0 spiro atoms. The molecular weight excluding hydrogens is 351 g/mol. The lowest BCUT2D eigenvalue weighted by Gasteiger charge is -2.21. The van der Waals surface area contributed by atoms with Crippen LogP contribution < -0.4 is 8.85 Å². The maximum Gasteiger partial charge on any atom is 0.323 e. The summed E-state index contributed by atoms with van der Waals surface area (Å²) in [4.78, 5) is 22.7. The van der Waals surface area contributed by atoms with Crippen molar-refractivity contribution in [2.24, 2.45) is 5.92 Å². The molecule has 0 saturated carbocycles. The highest BCUT2D eigenvalue weighted by Crippen LogP contribution is 2.11. The smallest absolute Gasteiger partial charge is 0.323 e. The number of nitrogens with one attached hydrogen (secondary N) is 2. The summed E-state index contributed by atoms with van der Waals surface area (Å²) in [6.45, 7) is 5.60. The van der Waals surface area contributed by atoms with Crippen molar-refractivity contribution in [2.75, 3.05) is 6.61 Å². The molecule has 0 aliphatic rings. The molecule has 0 aliphatic heterocycles. The summed E-state index contributed by atoms with van der Waals surface area (Å²) in [7, 11) is 0. The van der Waals surface area contributed by atoms with Crippen LogP contribution in [0.2, 0.25) is 0 Å². The number of aliphatic hydroxyl groups is 1. The second kappa shape index (κ2) is 9.37. The Hall–Kier alpha value is -0.570. The van der Waals surface area contributed by atoms with Crippen molar-refractivity contribution in [1.82, 2.24) is 8.85 Å². The van der Waals surface area contributed by atoms with E-state index in [0.717, 1.165) is 6.42 Å². The minimum absolute atomic E-state index is 0.0379. The quantitative estimate of drug-likeness (QED) is 0.358. The molecule has 2 amide bonds. The number of halogens is 1. The zero-order valence-corrected chi connectivity index (χ0v) is 13.1. The first kappa shape index (κ1) is 17.4. The zero-order chi connectivity index (χ0) is 14.1. The van der Waals surface area contributed by atoms with Gasteiger partial charge in [-0.25, -0.2) is 4.79 Å². The Morgan fingerprint density at radius 1 is 1.39 bits per heavy atom. The lowest BCUT2D eigenvalue weighted by atomic mass is 10.1. The first-order chi connectivity index (χ1) is 8.44. The van der Waals surface area contributed by atoms with E-state index in [0.29, 0.717) is 0 Å². The van der Waals surface area contributed by atoms with E-state index in [4.69, 9.17) is 9.84 Å². The fourth-order valence-electron chi connectivity index (χ4n) is 1.48. The molecule has 0 rings (SSSR count). The van der Waals surface area contributed by atoms with Gasteiger partial charge < -0.3 is 15.2 Å². The lowest BCUT2D eigenvalue weighted by molar-refractivity contribution is -0.152. The normalized spacial score (nSPS) is 13.9. The van der Waals surface area contributed by atoms with Gasteiger partial charge in [0, 0.05) is 0 Å². The molecule has 2 atom stereocenters. The third-order valence-electron chi connectivity index (χ3n) is 2.48. The zero-order valence-electron chi connectivity index (χ0n) is 10.9. The summed E-state index contributed by atoms with van der Waals surface area (Å²) in [5.74, 6) is -0.166. The van der Waals surface area contributed by atoms with Crippen molar-refractivity contribution in [3.63, 3.8) is 0 Å². The van der Waals surface area contributed by atoms with Crippen molar-refractivity contribution in [3.05, 3.63) is 0 Å². The molecule has 0 fully saturated rings. The molecule has 0 aliphatic carbocycles. The van der Waals surface area contributed by atoms with Gasteiger partial charge in [0.15, 0.2) is 0 Å². The highest BCUT2D eigenvalue weighted by Gasteiger charge is 2.20. The van der Waals surface area contributed by atoms with Crippen LogP contribution in [0.25, 0.3) is 0 Å². The van der Waals surface area contributed by atoms with Crippen molar-refractivity contribution in [2.45, 2.75) is 45.8 Å². The average molecular weight is 372 g/mol. The van der Waals surface area contributed by atoms with Gasteiger partial charge >= 0.3 is 12.0 Å². The van der Waals surface area contributed by atoms with Gasteiger partial charge in [-0.05, 0) is 12.3 Å². The molecule has 0 aromatic carbocycles. The molecule has 0 aromatic heterocycles. The van der Waals surface area contributed by atoms with E-state index < -0.39 is 18.0 Å². The predicted molar refractivity (Wildman–Crippen MR) is 76.2 cm³/mol. The number of esters is 1. The predicted octanol–water partition coefficient (Wildman–Crippen LogP) is 1.36. The Labute approximate surface area is 121 Å². The van der Waals surface area contributed by atoms with Crippen LogP contribution in [0.15, 0.2) is 0 Å². The van der Waals surface area contributed by atoms with Crippen LogP contribution in [-0.2, 0) is 9.53 Å². The molecule has 0 radical (unpaired) electrons. The molecule has 0 aromatic rings. The first-order valence-corrected chi connectivity index (χ1v) is 6.99. The second-order valence-corrected chi connectivity index (χ2v) is 4.87. The summed E-state index contributed by atoms with van der Waals surface area (Å²) in [5.41, 5.74) is 0. The maximum absolute atomic E-state index is 11.6. The topological polar surface area (TPSA) is 87.7 Å². The van der Waals surface area contributed by atoms with Gasteiger partial charge in [0.05, 0.1) is 41.9 Å². The number of ether oxygens (including phenoxy) is 1. The summed E-state index contributed by atoms with van der Waals surface area (Å²) in [5, 5.41) is 11.5. The van der Waals surface area contributed by atoms with Crippen molar-refractivity contribution in [1.29, 1.82) is 0 Å². The van der Waals surface area contributed by atoms with Gasteiger partial charge in [-0.3, -0.25) is 8.32 Å². The highest BCUT2D eigenvalue weighted by atomic mass is 127. The van der Waals surface area contributed by atoms with Crippen molar-refractivity contribution in [3.8, 4) is 0 Å². The van der Waals surface area contributed by atoms with E-state index in [-0.39, 0.29) is 25.0 Å². The molecule has 0 bridgehead atoms. The third kappa shape index (κ3) is 7.00. The van der Waals surface area contributed by atoms with Gasteiger partial charge in [0.25, 0.3) is 0 Å². The van der Waals surface area contributed by atoms with Crippen LogP contribution in [0.4, 0.5) is 4.79 Å². The molecule has 18 heavy (non-hydrogen) atoms. The standard InChI is InChI=1S/C11H21IN2O4/c1-4-9(7(2)3)18-10(16)5-8(6-15)13-11(17)14-12/h7-9,15H,4-6H2,1-3H3,(H2,13,14,17). The number of rotatable bonds is 7. The molecule has 0 heterocycles. The van der Waals surface area contributed by atoms with E-state index in [1.807, 2.05) is 20.8 Å². The Balaban J connectivity index is 4.22. The van der Waals surface area contributed by atoms with Crippen LogP contribution in [-0.4, -0.2) is 35.9 Å². The van der Waals surface area contributed by atoms with Crippen LogP contribution in [0, 0.1) is 5.92 Å². The van der Waals surface area contributed by atoms with Gasteiger partial charge in [-0.2, -0.15) is 0 Å². The largest absolute Gasteiger partial charge is 0.462 e. The highest BCUT2D eigenvalue weighted by molar-refractivity contribution is 14.1. The molecule has 106 valence electrons. The second-order valence-electron chi connectivity index (χ2n) is 4.33. The lowest BCUT2D eigenvalue weighted by Crippen LogP contribution is -2.42. The van der Waals surface area contributed by atoms with E-state index in [9.17, 15) is 9.59 Å². The van der Waals surface area contributed by atoms with Crippen LogP contribution in [0.3, 0.4) is 0 Å². The van der Waals surface area contributed by atoms with Crippen LogP contribution >= 0.6 is 22.9 Å².